The van der Waals surface area contributed by atoms with E-state index in [1.54, 1.807) is 19.2 Å². The minimum absolute atomic E-state index is 0.240. The highest BCUT2D eigenvalue weighted by Crippen LogP contribution is 2.25. The molecule has 1 aliphatic rings. The highest BCUT2D eigenvalue weighted by molar-refractivity contribution is 6.14. The van der Waals surface area contributed by atoms with Crippen molar-refractivity contribution in [1.82, 2.24) is 9.97 Å². The van der Waals surface area contributed by atoms with Gasteiger partial charge in [-0.1, -0.05) is 0 Å². The molecule has 1 aromatic heterocycles. The maximum absolute atomic E-state index is 14.6. The van der Waals surface area contributed by atoms with E-state index < -0.39 is 0 Å². The molecule has 5 N–H and O–H groups in total. The number of benzene rings is 1. The second-order valence-corrected chi connectivity index (χ2v) is 5.41. The van der Waals surface area contributed by atoms with Crippen LogP contribution < -0.4 is 21.4 Å². The molecule has 0 unspecified atom stereocenters. The van der Waals surface area contributed by atoms with E-state index in [0.29, 0.717) is 54.6 Å². The number of rotatable bonds is 4. The lowest BCUT2D eigenvalue weighted by Gasteiger charge is -2.29. The first-order valence-corrected chi connectivity index (χ1v) is 7.65. The number of nitrogens with one attached hydrogen (secondary N) is 1. The van der Waals surface area contributed by atoms with Crippen LogP contribution in [-0.4, -0.2) is 49.0 Å². The number of halogens is 1. The van der Waals surface area contributed by atoms with Crippen LogP contribution in [0.3, 0.4) is 0 Å². The predicted octanol–water partition coefficient (Wildman–Crippen LogP) is -0.327. The standard InChI is InChI=1S/C16H19FN6O/c1-20-16-13(15(19)21-9-22-16)14(18)10-2-3-12(11(17)8-10)23-4-6-24-7-5-23/h2-3,8-9,18H,4-7H2,1H3,(H3,19,20,21,22)/p+1. The van der Waals surface area contributed by atoms with E-state index in [-0.39, 0.29) is 11.6 Å². The highest BCUT2D eigenvalue weighted by atomic mass is 19.1. The maximum atomic E-state index is 14.6. The molecule has 1 aromatic carbocycles. The third kappa shape index (κ3) is 3.00. The van der Waals surface area contributed by atoms with Crippen molar-refractivity contribution in [2.24, 2.45) is 0 Å². The van der Waals surface area contributed by atoms with Gasteiger partial charge in [0.05, 0.1) is 18.9 Å². The van der Waals surface area contributed by atoms with Crippen molar-refractivity contribution in [2.45, 2.75) is 0 Å². The minimum Gasteiger partial charge on any atom is -0.383 e. The largest absolute Gasteiger partial charge is 0.383 e. The zero-order chi connectivity index (χ0) is 17.1. The molecule has 0 radical (unpaired) electrons. The summed E-state index contributed by atoms with van der Waals surface area (Å²) in [6.07, 6.45) is 1.35. The van der Waals surface area contributed by atoms with Crippen molar-refractivity contribution >= 4 is 23.0 Å². The van der Waals surface area contributed by atoms with Gasteiger partial charge in [0, 0.05) is 25.7 Å². The Bertz CT molecular complexity index is 760. The highest BCUT2D eigenvalue weighted by Gasteiger charge is 2.22. The molecule has 8 heteroatoms. The summed E-state index contributed by atoms with van der Waals surface area (Å²) in [5, 5.41) is 9.12. The van der Waals surface area contributed by atoms with Gasteiger partial charge in [0.2, 0.25) is 5.71 Å². The van der Waals surface area contributed by atoms with Gasteiger partial charge >= 0.3 is 0 Å². The SMILES string of the molecule is CNc1ncnc(N)c1C(=[NH2+])c1ccc(N2CCOCC2)c(F)c1. The molecule has 1 saturated heterocycles. The Hall–Kier alpha value is -2.74. The van der Waals surface area contributed by atoms with Crippen LogP contribution in [-0.2, 0) is 4.74 Å². The summed E-state index contributed by atoms with van der Waals surface area (Å²) in [6, 6.07) is 4.91. The van der Waals surface area contributed by atoms with Crippen LogP contribution in [0.2, 0.25) is 0 Å². The number of nitrogen functional groups attached to an aromatic ring is 1. The molecule has 3 rings (SSSR count). The summed E-state index contributed by atoms with van der Waals surface area (Å²) in [4.78, 5) is 10.0. The van der Waals surface area contributed by atoms with Gasteiger partial charge in [-0.05, 0) is 18.2 Å². The van der Waals surface area contributed by atoms with Crippen molar-refractivity contribution in [1.29, 1.82) is 0 Å². The average Bonchev–Trinajstić information content (AvgIpc) is 2.61. The van der Waals surface area contributed by atoms with Gasteiger partial charge in [0.1, 0.15) is 29.3 Å². The van der Waals surface area contributed by atoms with E-state index in [4.69, 9.17) is 15.9 Å². The Labute approximate surface area is 139 Å². The molecule has 2 heterocycles. The van der Waals surface area contributed by atoms with E-state index in [0.717, 1.165) is 0 Å². The lowest BCUT2D eigenvalue weighted by Crippen LogP contribution is -2.42. The van der Waals surface area contributed by atoms with E-state index in [1.165, 1.54) is 12.4 Å². The number of nitrogens with two attached hydrogens (primary N) is 2. The van der Waals surface area contributed by atoms with Crippen LogP contribution in [0.4, 0.5) is 21.7 Å². The van der Waals surface area contributed by atoms with Crippen LogP contribution in [0, 0.1) is 5.82 Å². The smallest absolute Gasteiger partial charge is 0.218 e. The van der Waals surface area contributed by atoms with E-state index in [2.05, 4.69) is 15.3 Å². The zero-order valence-electron chi connectivity index (χ0n) is 13.4. The number of hydrogen-bond acceptors (Lipinski definition) is 6. The van der Waals surface area contributed by atoms with Crippen LogP contribution >= 0.6 is 0 Å². The molecule has 0 spiro atoms. The second kappa shape index (κ2) is 6.79. The molecule has 0 saturated carbocycles. The van der Waals surface area contributed by atoms with E-state index >= 15 is 0 Å². The molecule has 24 heavy (non-hydrogen) atoms. The molecule has 0 amide bonds. The Morgan fingerprint density at radius 1 is 1.33 bits per heavy atom. The fraction of sp³-hybridized carbons (Fsp3) is 0.312. The third-order valence-electron chi connectivity index (χ3n) is 3.99. The fourth-order valence-electron chi connectivity index (χ4n) is 2.73. The molecule has 1 aliphatic heterocycles. The average molecular weight is 331 g/mol. The third-order valence-corrected chi connectivity index (χ3v) is 3.99. The lowest BCUT2D eigenvalue weighted by atomic mass is 10.0. The van der Waals surface area contributed by atoms with Crippen molar-refractivity contribution in [3.8, 4) is 0 Å². The van der Waals surface area contributed by atoms with Crippen LogP contribution in [0.25, 0.3) is 0 Å². The topological polar surface area (TPSA) is 102 Å². The number of anilines is 3. The van der Waals surface area contributed by atoms with Crippen molar-refractivity contribution in [3.05, 3.63) is 41.5 Å². The molecule has 0 atom stereocenters. The van der Waals surface area contributed by atoms with Crippen LogP contribution in [0.1, 0.15) is 11.1 Å². The van der Waals surface area contributed by atoms with Gasteiger partial charge in [-0.15, -0.1) is 0 Å². The van der Waals surface area contributed by atoms with Crippen LogP contribution in [0.15, 0.2) is 24.5 Å². The zero-order valence-corrected chi connectivity index (χ0v) is 13.4. The molecule has 0 aliphatic carbocycles. The summed E-state index contributed by atoms with van der Waals surface area (Å²) >= 11 is 0. The van der Waals surface area contributed by atoms with Crippen LogP contribution in [0.5, 0.6) is 0 Å². The summed E-state index contributed by atoms with van der Waals surface area (Å²) in [7, 11) is 1.71. The van der Waals surface area contributed by atoms with Gasteiger partial charge in [-0.25, -0.2) is 14.4 Å². The Kier molecular flexibility index (Phi) is 4.57. The first-order chi connectivity index (χ1) is 11.6. The number of ether oxygens (including phenoxy) is 1. The van der Waals surface area contributed by atoms with Gasteiger partial charge in [-0.2, -0.15) is 0 Å². The normalized spacial score (nSPS) is 14.5. The predicted molar refractivity (Wildman–Crippen MR) is 90.6 cm³/mol. The van der Waals surface area contributed by atoms with Crippen molar-refractivity contribution in [2.75, 3.05) is 49.3 Å². The van der Waals surface area contributed by atoms with Gasteiger partial charge in [0.15, 0.2) is 0 Å². The summed E-state index contributed by atoms with van der Waals surface area (Å²) in [5.41, 5.74) is 7.78. The number of nitrogens with zero attached hydrogens (tertiary/aromatic N) is 3. The number of morpholine rings is 1. The number of aromatic nitrogens is 2. The fourth-order valence-corrected chi connectivity index (χ4v) is 2.73. The quantitative estimate of drug-likeness (QED) is 0.663. The first kappa shape index (κ1) is 16.1. The van der Waals surface area contributed by atoms with E-state index in [1.807, 2.05) is 4.90 Å². The molecule has 0 bridgehead atoms. The lowest BCUT2D eigenvalue weighted by molar-refractivity contribution is -0.111. The van der Waals surface area contributed by atoms with Gasteiger partial charge < -0.3 is 20.7 Å². The molecule has 7 nitrogen and oxygen atoms in total. The molecule has 1 fully saturated rings. The summed E-state index contributed by atoms with van der Waals surface area (Å²) in [6.45, 7) is 2.52. The summed E-state index contributed by atoms with van der Waals surface area (Å²) in [5.74, 6) is 0.404. The Morgan fingerprint density at radius 3 is 2.75 bits per heavy atom. The molecular weight excluding hydrogens is 311 g/mol. The Morgan fingerprint density at radius 2 is 2.08 bits per heavy atom. The van der Waals surface area contributed by atoms with Crippen molar-refractivity contribution < 1.29 is 14.5 Å². The van der Waals surface area contributed by atoms with Gasteiger partial charge in [0.25, 0.3) is 0 Å². The van der Waals surface area contributed by atoms with Crippen molar-refractivity contribution in [3.63, 3.8) is 0 Å². The van der Waals surface area contributed by atoms with E-state index in [9.17, 15) is 4.39 Å². The monoisotopic (exact) mass is 331 g/mol. The number of hydrogen-bond donors (Lipinski definition) is 3. The van der Waals surface area contributed by atoms with Gasteiger partial charge in [-0.3, -0.25) is 5.41 Å². The summed E-state index contributed by atoms with van der Waals surface area (Å²) < 4.78 is 19.9. The minimum atomic E-state index is -0.334. The first-order valence-electron chi connectivity index (χ1n) is 7.65. The second-order valence-electron chi connectivity index (χ2n) is 5.41. The molecule has 2 aromatic rings. The molecular formula is C16H20FN6O+. The Balaban J connectivity index is 1.93. The molecule has 126 valence electrons. The maximum Gasteiger partial charge on any atom is 0.218 e.